The molecule has 0 aliphatic carbocycles. The molecule has 4 aliphatic heterocycles. The van der Waals surface area contributed by atoms with Crippen LogP contribution in [-0.2, 0) is 109 Å². The average molecular weight is 1500 g/mol. The number of methoxy groups -OCH3 is 15. The summed E-state index contributed by atoms with van der Waals surface area (Å²) in [6, 6.07) is -0.281. The molecule has 4 heterocycles. The number of hydrogen-bond donors (Lipinski definition) is 0. The minimum Gasteiger partial charge on any atom is -0.465 e. The first-order chi connectivity index (χ1) is 48.9. The number of likely N-dealkylation sites (N-methyl/N-ethyl adjacent to an activating group) is 3. The van der Waals surface area contributed by atoms with E-state index in [9.17, 15) is 19.2 Å². The predicted octanol–water partition coefficient (Wildman–Crippen LogP) is 10.6. The van der Waals surface area contributed by atoms with Crippen molar-refractivity contribution >= 4 is 23.7 Å². The lowest BCUT2D eigenvalue weighted by Gasteiger charge is -2.50. The van der Waals surface area contributed by atoms with Gasteiger partial charge < -0.3 is 105 Å². The van der Waals surface area contributed by atoms with Crippen molar-refractivity contribution < 1.29 is 109 Å². The fourth-order valence-electron chi connectivity index (χ4n) is 15.1. The van der Waals surface area contributed by atoms with Crippen LogP contribution in [0.25, 0.3) is 0 Å². The summed E-state index contributed by atoms with van der Waals surface area (Å²) in [7, 11) is 29.7. The number of ether oxygens (including phenoxy) is 19. The maximum absolute atomic E-state index is 12.4. The minimum atomic E-state index is -1.59. The van der Waals surface area contributed by atoms with Crippen molar-refractivity contribution in [2.75, 3.05) is 148 Å². The number of hydrogen-bond acceptors (Lipinski definition) is 23. The Kier molecular flexibility index (Phi) is 53.5. The third-order valence-electron chi connectivity index (χ3n) is 23.4. The second-order valence-electron chi connectivity index (χ2n) is 28.9. The Labute approximate surface area is 631 Å². The Balaban J connectivity index is 0. The number of carbonyl (C=O) groups is 4. The van der Waals surface area contributed by atoms with Crippen molar-refractivity contribution in [1.29, 1.82) is 0 Å². The first-order valence-corrected chi connectivity index (χ1v) is 37.7. The summed E-state index contributed by atoms with van der Waals surface area (Å²) >= 11 is 0. The molecule has 26 nitrogen and oxygen atoms in total. The van der Waals surface area contributed by atoms with Gasteiger partial charge in [-0.3, -0.25) is 14.4 Å². The van der Waals surface area contributed by atoms with Gasteiger partial charge in [-0.15, -0.1) is 0 Å². The molecule has 0 saturated carbocycles. The summed E-state index contributed by atoms with van der Waals surface area (Å²) in [6.07, 6.45) is 3.20. The fraction of sp³-hybridized carbons (Fsp3) is 0.949. The minimum absolute atomic E-state index is 0.00435. The molecular weight excluding hydrogens is 1350 g/mol. The molecule has 4 saturated heterocycles. The maximum Gasteiger partial charge on any atom is 0.366 e. The molecule has 0 aromatic carbocycles. The molecule has 0 bridgehead atoms. The quantitative estimate of drug-likeness (QED) is 0.0554. The smallest absolute Gasteiger partial charge is 0.366 e. The molecule has 26 heteroatoms. The van der Waals surface area contributed by atoms with Gasteiger partial charge in [-0.2, -0.15) is 0 Å². The highest BCUT2D eigenvalue weighted by Gasteiger charge is 2.57. The molecule has 104 heavy (non-hydrogen) atoms. The van der Waals surface area contributed by atoms with E-state index in [0.29, 0.717) is 84.6 Å². The Morgan fingerprint density at radius 2 is 0.837 bits per heavy atom. The normalized spacial score (nSPS) is 31.7. The van der Waals surface area contributed by atoms with Crippen LogP contribution in [0, 0.1) is 65.1 Å². The van der Waals surface area contributed by atoms with Gasteiger partial charge in [-0.05, 0) is 97.7 Å². The third-order valence-corrected chi connectivity index (χ3v) is 23.4. The lowest BCUT2D eigenvalue weighted by atomic mass is 9.80. The van der Waals surface area contributed by atoms with E-state index in [1.54, 1.807) is 114 Å². The van der Waals surface area contributed by atoms with Gasteiger partial charge in [0.1, 0.15) is 30.5 Å². The summed E-state index contributed by atoms with van der Waals surface area (Å²) in [4.78, 5) is 52.7. The lowest BCUT2D eigenvalue weighted by molar-refractivity contribution is -0.307. The van der Waals surface area contributed by atoms with Crippen LogP contribution in [0.4, 0.5) is 0 Å². The van der Waals surface area contributed by atoms with Gasteiger partial charge in [0.25, 0.3) is 5.79 Å². The molecule has 620 valence electrons. The van der Waals surface area contributed by atoms with Crippen molar-refractivity contribution in [2.24, 2.45) is 65.1 Å². The Bertz CT molecular complexity index is 2240. The largest absolute Gasteiger partial charge is 0.465 e. The van der Waals surface area contributed by atoms with Gasteiger partial charge in [0.05, 0.1) is 81.7 Å². The van der Waals surface area contributed by atoms with E-state index in [2.05, 4.69) is 104 Å². The Morgan fingerprint density at radius 3 is 1.20 bits per heavy atom. The average Bonchev–Trinajstić information content (AvgIpc) is 0.761. The first kappa shape index (κ1) is 103. The van der Waals surface area contributed by atoms with Gasteiger partial charge in [0.2, 0.25) is 17.7 Å². The van der Waals surface area contributed by atoms with Gasteiger partial charge in [0.15, 0.2) is 18.9 Å². The van der Waals surface area contributed by atoms with Gasteiger partial charge in [0, 0.05) is 148 Å². The van der Waals surface area contributed by atoms with Crippen molar-refractivity contribution in [3.8, 4) is 0 Å². The van der Waals surface area contributed by atoms with Crippen molar-refractivity contribution in [3.05, 3.63) is 0 Å². The number of carbonyl (C=O) groups excluding carboxylic acids is 4. The van der Waals surface area contributed by atoms with E-state index >= 15 is 0 Å². The molecule has 4 fully saturated rings. The Morgan fingerprint density at radius 1 is 0.442 bits per heavy atom. The fourth-order valence-corrected chi connectivity index (χ4v) is 15.1. The molecule has 29 unspecified atom stereocenters. The van der Waals surface area contributed by atoms with Crippen LogP contribution < -0.4 is 0 Å². The van der Waals surface area contributed by atoms with Gasteiger partial charge in [-0.1, -0.05) is 104 Å². The van der Waals surface area contributed by atoms with Crippen LogP contribution in [0.15, 0.2) is 0 Å². The van der Waals surface area contributed by atoms with E-state index in [-0.39, 0.29) is 110 Å². The Hall–Kier alpha value is -2.84. The monoisotopic (exact) mass is 1500 g/mol. The van der Waals surface area contributed by atoms with Crippen LogP contribution in [0.1, 0.15) is 164 Å². The topological polar surface area (TPSA) is 253 Å². The van der Waals surface area contributed by atoms with Gasteiger partial charge in [-0.25, -0.2) is 4.79 Å². The molecule has 4 rings (SSSR count). The van der Waals surface area contributed by atoms with Crippen molar-refractivity contribution in [2.45, 2.75) is 274 Å². The van der Waals surface area contributed by atoms with Crippen LogP contribution in [0.5, 0.6) is 0 Å². The second-order valence-corrected chi connectivity index (χ2v) is 28.9. The SMILES string of the molecule is CCC(OC)C(C)C(C)C(COC)N(C)C(C)=O.CCC(OC)C(C)C(C)C(COC)OC.CCC1OC(OC)C(N(C)C(C)=O)C(C)C1C.CCC1OC(OC)C(OC)C(C)C1C.COC1OC(C)C(C)C(C)C1OC.COCC(OC)C(OC)C1OC(OC)(C(=O)OC)CC(C)C1N(C)C(C)=O. The van der Waals surface area contributed by atoms with Crippen LogP contribution in [-0.4, -0.2) is 296 Å². The lowest BCUT2D eigenvalue weighted by Crippen LogP contribution is -2.66. The van der Waals surface area contributed by atoms with Crippen LogP contribution >= 0.6 is 0 Å². The molecule has 29 atom stereocenters. The number of esters is 1. The third kappa shape index (κ3) is 29.8. The van der Waals surface area contributed by atoms with E-state index < -0.39 is 30.1 Å². The highest BCUT2D eigenvalue weighted by Crippen LogP contribution is 2.41. The predicted molar refractivity (Wildman–Crippen MR) is 404 cm³/mol. The molecule has 0 N–H and O–H groups in total. The van der Waals surface area contributed by atoms with E-state index in [1.165, 1.54) is 35.4 Å². The molecule has 0 radical (unpaired) electrons. The zero-order chi connectivity index (χ0) is 80.8. The van der Waals surface area contributed by atoms with E-state index in [4.69, 9.17) is 90.0 Å². The summed E-state index contributed by atoms with van der Waals surface area (Å²) in [5, 5.41) is 0. The van der Waals surface area contributed by atoms with Crippen molar-refractivity contribution in [3.63, 3.8) is 0 Å². The second kappa shape index (κ2) is 53.9. The molecule has 3 amide bonds. The number of amides is 3. The zero-order valence-electron chi connectivity index (χ0n) is 72.1. The first-order valence-electron chi connectivity index (χ1n) is 37.7. The molecule has 0 aromatic heterocycles. The molecule has 0 aromatic rings. The number of rotatable bonds is 33. The molecule has 0 spiro atoms. The van der Waals surface area contributed by atoms with Crippen LogP contribution in [0.2, 0.25) is 0 Å². The van der Waals surface area contributed by atoms with Crippen LogP contribution in [0.3, 0.4) is 0 Å². The highest BCUT2D eigenvalue weighted by molar-refractivity contribution is 5.78. The highest BCUT2D eigenvalue weighted by atomic mass is 16.7. The van der Waals surface area contributed by atoms with E-state index in [0.717, 1.165) is 25.7 Å². The standard InChI is InChI=1S/C18H33NO8.C14H29NO3.C13H25NO3.C12H26O3.C11H22O3.C10H20O3/c1-11-9-18(26-8,17(21)25-7)27-16(14(11)19(3)12(2)20)15(24-6)13(23-5)10-22-4;1-8-14(18-7)11(3)10(2)13(9-17-6)15(5)12(4)16;1-7-11-8(2)9(3)12(13(16-6)17-11)14(5)10(4)15;1-7-11(14-5)9(2)10(3)12(15-6)8-13-4;1-6-9-7(2)8(3)10(12-4)11(13-5)14-9;1-6-7(2)9(11-4)10(12-5)13-8(6)3/h11,13-16H,9-10H2,1-8H3;10-11,13-14H,8-9H2,1-7H3;8-9,11-13H,7H2,1-6H3;9-12H,7-8H2,1-6H3;7-11H,6H2,1-5H3;6-10H,1-5H3. The summed E-state index contributed by atoms with van der Waals surface area (Å²) in [6.45, 7) is 40.6. The van der Waals surface area contributed by atoms with Gasteiger partial charge >= 0.3 is 5.97 Å². The zero-order valence-corrected chi connectivity index (χ0v) is 72.1. The van der Waals surface area contributed by atoms with Crippen molar-refractivity contribution in [1.82, 2.24) is 14.7 Å². The summed E-state index contributed by atoms with van der Waals surface area (Å²) in [5.74, 6) is 2.01. The number of nitrogens with zero attached hydrogens (tertiary/aromatic N) is 3. The summed E-state index contributed by atoms with van der Waals surface area (Å²) < 4.78 is 104. The summed E-state index contributed by atoms with van der Waals surface area (Å²) in [5.41, 5.74) is 0. The molecule has 4 aliphatic rings. The maximum atomic E-state index is 12.4. The van der Waals surface area contributed by atoms with E-state index in [1.807, 2.05) is 21.0 Å². The molecular formula is C78H155N3O23.